The Balaban J connectivity index is 4.82. The van der Waals surface area contributed by atoms with Gasteiger partial charge >= 0.3 is 0 Å². The van der Waals surface area contributed by atoms with Gasteiger partial charge in [0.05, 0.1) is 6.04 Å². The fourth-order valence-corrected chi connectivity index (χ4v) is 1.41. The Bertz CT molecular complexity index is 240. The van der Waals surface area contributed by atoms with Gasteiger partial charge in [-0.05, 0) is 12.8 Å². The second-order valence-corrected chi connectivity index (χ2v) is 3.77. The Morgan fingerprint density at radius 2 is 1.79 bits per heavy atom. The Hall–Kier alpha value is -1.10. The summed E-state index contributed by atoms with van der Waals surface area (Å²) in [6.45, 7) is 6.20. The number of carbonyl (C=O) groups is 2. The van der Waals surface area contributed by atoms with E-state index in [1.54, 1.807) is 20.8 Å². The number of primary amides is 1. The van der Waals surface area contributed by atoms with E-state index in [9.17, 15) is 14.7 Å². The van der Waals surface area contributed by atoms with E-state index in [1.807, 2.05) is 0 Å². The van der Waals surface area contributed by atoms with Crippen LogP contribution in [-0.2, 0) is 9.59 Å². The zero-order valence-corrected chi connectivity index (χ0v) is 9.00. The fourth-order valence-electron chi connectivity index (χ4n) is 1.41. The van der Waals surface area contributed by atoms with Crippen LogP contribution >= 0.6 is 0 Å². The number of nitrogens with two attached hydrogens (primary N) is 1. The molecule has 0 aromatic rings. The van der Waals surface area contributed by atoms with Crippen LogP contribution in [0.5, 0.6) is 0 Å². The lowest BCUT2D eigenvalue weighted by atomic mass is 9.83. The zero-order valence-electron chi connectivity index (χ0n) is 9.00. The first-order valence-electron chi connectivity index (χ1n) is 4.52. The zero-order chi connectivity index (χ0) is 11.5. The Morgan fingerprint density at radius 3 is 2.00 bits per heavy atom. The molecule has 0 aliphatic rings. The highest BCUT2D eigenvalue weighted by Crippen LogP contribution is 2.20. The minimum Gasteiger partial charge on any atom is -0.378 e. The molecule has 4 N–H and O–H groups in total. The fraction of sp³-hybridized carbons (Fsp3) is 0.778. The summed E-state index contributed by atoms with van der Waals surface area (Å²) in [5.74, 6) is -1.49. The van der Waals surface area contributed by atoms with Crippen LogP contribution in [-0.4, -0.2) is 28.6 Å². The van der Waals surface area contributed by atoms with Crippen LogP contribution in [0.3, 0.4) is 0 Å². The van der Waals surface area contributed by atoms with Gasteiger partial charge in [-0.1, -0.05) is 13.8 Å². The van der Waals surface area contributed by atoms with Crippen molar-refractivity contribution >= 4 is 11.8 Å². The summed E-state index contributed by atoms with van der Waals surface area (Å²) in [4.78, 5) is 21.9. The number of hydrogen-bond donors (Lipinski definition) is 3. The third-order valence-corrected chi connectivity index (χ3v) is 2.35. The molecule has 0 unspecified atom stereocenters. The summed E-state index contributed by atoms with van der Waals surface area (Å²) in [5.41, 5.74) is 3.41. The van der Waals surface area contributed by atoms with E-state index in [-0.39, 0.29) is 11.8 Å². The van der Waals surface area contributed by atoms with E-state index in [0.717, 1.165) is 0 Å². The molecule has 0 radical (unpaired) electrons. The van der Waals surface area contributed by atoms with Crippen molar-refractivity contribution < 1.29 is 14.7 Å². The predicted octanol–water partition coefficient (Wildman–Crippen LogP) is -0.617. The smallest absolute Gasteiger partial charge is 0.251 e. The molecular weight excluding hydrogens is 184 g/mol. The normalized spacial score (nSPS) is 17.3. The molecule has 0 bridgehead atoms. The molecule has 0 rings (SSSR count). The molecule has 0 spiro atoms. The number of carbonyl (C=O) groups excluding carboxylic acids is 2. The topological polar surface area (TPSA) is 92.4 Å². The number of hydrogen-bond acceptors (Lipinski definition) is 3. The summed E-state index contributed by atoms with van der Waals surface area (Å²) in [6, 6.07) is -0.697. The molecule has 0 aliphatic carbocycles. The van der Waals surface area contributed by atoms with Crippen LogP contribution in [0.25, 0.3) is 0 Å². The molecule has 14 heavy (non-hydrogen) atoms. The average Bonchev–Trinajstić information content (AvgIpc) is 2.00. The summed E-state index contributed by atoms with van der Waals surface area (Å²) in [5, 5.41) is 12.5. The second kappa shape index (κ2) is 4.41. The van der Waals surface area contributed by atoms with Crippen molar-refractivity contribution in [3.8, 4) is 0 Å². The molecule has 0 aliphatic heterocycles. The average molecular weight is 202 g/mol. The first-order chi connectivity index (χ1) is 6.22. The van der Waals surface area contributed by atoms with E-state index in [1.165, 1.54) is 6.92 Å². The van der Waals surface area contributed by atoms with Crippen molar-refractivity contribution in [1.82, 2.24) is 5.32 Å². The molecule has 5 nitrogen and oxygen atoms in total. The SMILES string of the molecule is CC(=O)N[C@H](C)[C@@](O)(C(N)=O)C(C)C. The van der Waals surface area contributed by atoms with Crippen LogP contribution in [0.15, 0.2) is 0 Å². The number of rotatable bonds is 4. The van der Waals surface area contributed by atoms with Gasteiger partial charge < -0.3 is 16.2 Å². The maximum Gasteiger partial charge on any atom is 0.251 e. The molecule has 5 heteroatoms. The minimum absolute atomic E-state index is 0.308. The molecule has 0 heterocycles. The van der Waals surface area contributed by atoms with Gasteiger partial charge in [0, 0.05) is 6.92 Å². The highest BCUT2D eigenvalue weighted by atomic mass is 16.3. The van der Waals surface area contributed by atoms with Gasteiger partial charge in [-0.25, -0.2) is 0 Å². The monoisotopic (exact) mass is 202 g/mol. The van der Waals surface area contributed by atoms with E-state index >= 15 is 0 Å². The van der Waals surface area contributed by atoms with Crippen LogP contribution in [0, 0.1) is 5.92 Å². The number of aliphatic hydroxyl groups is 1. The number of nitrogens with one attached hydrogen (secondary N) is 1. The first-order valence-corrected chi connectivity index (χ1v) is 4.52. The molecule has 82 valence electrons. The molecule has 2 atom stereocenters. The second-order valence-electron chi connectivity index (χ2n) is 3.77. The van der Waals surface area contributed by atoms with Crippen molar-refractivity contribution in [1.29, 1.82) is 0 Å². The molecule has 2 amide bonds. The first kappa shape index (κ1) is 12.9. The van der Waals surface area contributed by atoms with Gasteiger partial charge in [0.1, 0.15) is 0 Å². The largest absolute Gasteiger partial charge is 0.378 e. The van der Waals surface area contributed by atoms with Crippen molar-refractivity contribution in [2.45, 2.75) is 39.3 Å². The predicted molar refractivity (Wildman–Crippen MR) is 52.3 cm³/mol. The maximum absolute atomic E-state index is 11.1. The van der Waals surface area contributed by atoms with Crippen LogP contribution in [0.2, 0.25) is 0 Å². The molecule has 0 aromatic carbocycles. The Morgan fingerprint density at radius 1 is 1.36 bits per heavy atom. The van der Waals surface area contributed by atoms with Crippen LogP contribution < -0.4 is 11.1 Å². The highest BCUT2D eigenvalue weighted by Gasteiger charge is 2.43. The molecule has 0 fully saturated rings. The van der Waals surface area contributed by atoms with Gasteiger partial charge in [0.25, 0.3) is 5.91 Å². The summed E-state index contributed by atoms with van der Waals surface area (Å²) >= 11 is 0. The van der Waals surface area contributed by atoms with Gasteiger partial charge in [-0.15, -0.1) is 0 Å². The van der Waals surface area contributed by atoms with E-state index < -0.39 is 17.6 Å². The lowest BCUT2D eigenvalue weighted by Crippen LogP contribution is -2.61. The lowest BCUT2D eigenvalue weighted by Gasteiger charge is -2.34. The van der Waals surface area contributed by atoms with E-state index in [2.05, 4.69) is 5.32 Å². The third kappa shape index (κ3) is 2.45. The third-order valence-electron chi connectivity index (χ3n) is 2.35. The summed E-state index contributed by atoms with van der Waals surface area (Å²) in [6.07, 6.45) is 0. The molecule has 0 saturated carbocycles. The van der Waals surface area contributed by atoms with E-state index in [4.69, 9.17) is 5.73 Å². The molecular formula is C9H18N2O3. The Labute approximate surface area is 83.7 Å². The van der Waals surface area contributed by atoms with Crippen LogP contribution in [0.4, 0.5) is 0 Å². The Kier molecular flexibility index (Phi) is 4.07. The summed E-state index contributed by atoms with van der Waals surface area (Å²) < 4.78 is 0. The summed E-state index contributed by atoms with van der Waals surface area (Å²) in [7, 11) is 0. The van der Waals surface area contributed by atoms with Crippen molar-refractivity contribution in [2.75, 3.05) is 0 Å². The number of amides is 2. The molecule has 0 saturated heterocycles. The van der Waals surface area contributed by atoms with Crippen molar-refractivity contribution in [3.63, 3.8) is 0 Å². The van der Waals surface area contributed by atoms with Gasteiger partial charge in [0.15, 0.2) is 5.60 Å². The van der Waals surface area contributed by atoms with Gasteiger partial charge in [0.2, 0.25) is 5.91 Å². The lowest BCUT2D eigenvalue weighted by molar-refractivity contribution is -0.145. The van der Waals surface area contributed by atoms with Gasteiger partial charge in [-0.2, -0.15) is 0 Å². The van der Waals surface area contributed by atoms with Crippen molar-refractivity contribution in [3.05, 3.63) is 0 Å². The minimum atomic E-state index is -1.70. The molecule has 0 aromatic heterocycles. The maximum atomic E-state index is 11.1. The van der Waals surface area contributed by atoms with E-state index in [0.29, 0.717) is 0 Å². The standard InChI is InChI=1S/C9H18N2O3/c1-5(2)9(14,8(10)13)6(3)11-7(4)12/h5-6,14H,1-4H3,(H2,10,13)(H,11,12)/t6-,9-/m1/s1. The highest BCUT2D eigenvalue weighted by molar-refractivity contribution is 5.85. The van der Waals surface area contributed by atoms with Crippen LogP contribution in [0.1, 0.15) is 27.7 Å². The van der Waals surface area contributed by atoms with Gasteiger partial charge in [-0.3, -0.25) is 9.59 Å². The quantitative estimate of drug-likeness (QED) is 0.567. The van der Waals surface area contributed by atoms with Crippen molar-refractivity contribution in [2.24, 2.45) is 11.7 Å².